The molecule has 0 saturated carbocycles. The molecular weight excluding hydrogens is 328 g/mol. The molecule has 0 atom stereocenters. The average molecular weight is 349 g/mol. The van der Waals surface area contributed by atoms with Gasteiger partial charge in [0, 0.05) is 18.2 Å². The van der Waals surface area contributed by atoms with E-state index in [-0.39, 0.29) is 12.3 Å². The van der Waals surface area contributed by atoms with Crippen LogP contribution in [0.15, 0.2) is 36.4 Å². The molecule has 0 radical (unpaired) electrons. The van der Waals surface area contributed by atoms with Crippen molar-refractivity contribution in [3.63, 3.8) is 0 Å². The highest BCUT2D eigenvalue weighted by Gasteiger charge is 2.09. The number of hydrogen-bond acceptors (Lipinski definition) is 3. The number of benzene rings is 2. The van der Waals surface area contributed by atoms with E-state index < -0.39 is 11.6 Å². The Morgan fingerprint density at radius 2 is 1.68 bits per heavy atom. The fourth-order valence-electron chi connectivity index (χ4n) is 2.31. The van der Waals surface area contributed by atoms with Gasteiger partial charge in [-0.25, -0.2) is 8.78 Å². The molecule has 2 aromatic carbocycles. The Bertz CT molecular complexity index is 735. The fraction of sp³-hybridized carbons (Fsp3) is 0.316. The third kappa shape index (κ3) is 5.45. The molecule has 0 heterocycles. The van der Waals surface area contributed by atoms with Gasteiger partial charge in [-0.05, 0) is 50.1 Å². The van der Waals surface area contributed by atoms with Crippen molar-refractivity contribution in [2.75, 3.05) is 18.5 Å². The maximum atomic E-state index is 13.2. The van der Waals surface area contributed by atoms with Gasteiger partial charge in [-0.2, -0.15) is 0 Å². The van der Waals surface area contributed by atoms with Crippen LogP contribution in [0.3, 0.4) is 0 Å². The highest BCUT2D eigenvalue weighted by Crippen LogP contribution is 2.30. The summed E-state index contributed by atoms with van der Waals surface area (Å²) in [5.74, 6) is -0.861. The SMILES string of the molecule is CCOc1ccc(NC(=O)CCc2ccc(F)c(F)c2)cc1OCC. The van der Waals surface area contributed by atoms with E-state index in [1.807, 2.05) is 13.8 Å². The third-order valence-corrected chi connectivity index (χ3v) is 3.45. The van der Waals surface area contributed by atoms with Crippen LogP contribution in [-0.4, -0.2) is 19.1 Å². The second-order valence-electron chi connectivity index (χ2n) is 5.32. The number of amides is 1. The van der Waals surface area contributed by atoms with Crippen LogP contribution in [0.4, 0.5) is 14.5 Å². The molecule has 1 N–H and O–H groups in total. The Balaban J connectivity index is 1.97. The molecule has 0 bridgehead atoms. The molecule has 0 saturated heterocycles. The van der Waals surface area contributed by atoms with Crippen LogP contribution in [0.2, 0.25) is 0 Å². The summed E-state index contributed by atoms with van der Waals surface area (Å²) < 4.78 is 37.0. The molecule has 0 aliphatic carbocycles. The topological polar surface area (TPSA) is 47.6 Å². The zero-order chi connectivity index (χ0) is 18.2. The minimum Gasteiger partial charge on any atom is -0.490 e. The first-order valence-corrected chi connectivity index (χ1v) is 8.17. The largest absolute Gasteiger partial charge is 0.490 e. The molecule has 0 aromatic heterocycles. The van der Waals surface area contributed by atoms with Gasteiger partial charge in [0.15, 0.2) is 23.1 Å². The predicted octanol–water partition coefficient (Wildman–Crippen LogP) is 4.33. The van der Waals surface area contributed by atoms with Gasteiger partial charge >= 0.3 is 0 Å². The van der Waals surface area contributed by atoms with Crippen molar-refractivity contribution in [2.24, 2.45) is 0 Å². The van der Waals surface area contributed by atoms with Crippen molar-refractivity contribution in [3.05, 3.63) is 53.6 Å². The predicted molar refractivity (Wildman–Crippen MR) is 92.1 cm³/mol. The minimum atomic E-state index is -0.911. The monoisotopic (exact) mass is 349 g/mol. The summed E-state index contributed by atoms with van der Waals surface area (Å²) >= 11 is 0. The zero-order valence-electron chi connectivity index (χ0n) is 14.3. The Hall–Kier alpha value is -2.63. The smallest absolute Gasteiger partial charge is 0.224 e. The van der Waals surface area contributed by atoms with Gasteiger partial charge in [0.25, 0.3) is 0 Å². The normalized spacial score (nSPS) is 10.4. The molecule has 134 valence electrons. The summed E-state index contributed by atoms with van der Waals surface area (Å²) in [6, 6.07) is 8.79. The lowest BCUT2D eigenvalue weighted by atomic mass is 10.1. The van der Waals surface area contributed by atoms with Crippen molar-refractivity contribution in [2.45, 2.75) is 26.7 Å². The van der Waals surface area contributed by atoms with E-state index in [9.17, 15) is 13.6 Å². The zero-order valence-corrected chi connectivity index (χ0v) is 14.3. The first-order chi connectivity index (χ1) is 12.0. The van der Waals surface area contributed by atoms with E-state index >= 15 is 0 Å². The summed E-state index contributed by atoms with van der Waals surface area (Å²) in [5, 5.41) is 2.76. The van der Waals surface area contributed by atoms with Crippen LogP contribution in [0.5, 0.6) is 11.5 Å². The van der Waals surface area contributed by atoms with E-state index in [2.05, 4.69) is 5.32 Å². The number of carbonyl (C=O) groups is 1. The van der Waals surface area contributed by atoms with E-state index in [0.717, 1.165) is 12.1 Å². The minimum absolute atomic E-state index is 0.155. The summed E-state index contributed by atoms with van der Waals surface area (Å²) in [6.45, 7) is 4.74. The quantitative estimate of drug-likeness (QED) is 0.771. The summed E-state index contributed by atoms with van der Waals surface area (Å²) in [6.07, 6.45) is 0.473. The lowest BCUT2D eigenvalue weighted by molar-refractivity contribution is -0.116. The molecule has 6 heteroatoms. The van der Waals surface area contributed by atoms with Crippen molar-refractivity contribution >= 4 is 11.6 Å². The van der Waals surface area contributed by atoms with Crippen LogP contribution in [-0.2, 0) is 11.2 Å². The van der Waals surface area contributed by atoms with Crippen LogP contribution >= 0.6 is 0 Å². The summed E-state index contributed by atoms with van der Waals surface area (Å²) in [7, 11) is 0. The maximum absolute atomic E-state index is 13.2. The molecule has 25 heavy (non-hydrogen) atoms. The van der Waals surface area contributed by atoms with Crippen molar-refractivity contribution in [3.8, 4) is 11.5 Å². The number of anilines is 1. The Labute approximate surface area is 145 Å². The lowest BCUT2D eigenvalue weighted by Crippen LogP contribution is -2.12. The molecular formula is C19H21F2NO3. The van der Waals surface area contributed by atoms with Gasteiger partial charge < -0.3 is 14.8 Å². The van der Waals surface area contributed by atoms with Crippen molar-refractivity contribution < 1.29 is 23.0 Å². The van der Waals surface area contributed by atoms with E-state index in [1.54, 1.807) is 18.2 Å². The van der Waals surface area contributed by atoms with E-state index in [0.29, 0.717) is 42.4 Å². The first kappa shape index (κ1) is 18.7. The molecule has 1 amide bonds. The highest BCUT2D eigenvalue weighted by atomic mass is 19.2. The number of hydrogen-bond donors (Lipinski definition) is 1. The van der Waals surface area contributed by atoms with Gasteiger partial charge in [-0.3, -0.25) is 4.79 Å². The van der Waals surface area contributed by atoms with E-state index in [1.165, 1.54) is 6.07 Å². The van der Waals surface area contributed by atoms with Crippen LogP contribution in [0.25, 0.3) is 0 Å². The Morgan fingerprint density at radius 3 is 2.36 bits per heavy atom. The molecule has 0 aliphatic heterocycles. The van der Waals surface area contributed by atoms with Crippen LogP contribution < -0.4 is 14.8 Å². The molecule has 4 nitrogen and oxygen atoms in total. The molecule has 0 spiro atoms. The first-order valence-electron chi connectivity index (χ1n) is 8.17. The number of halogens is 2. The second kappa shape index (κ2) is 9.01. The molecule has 0 fully saturated rings. The fourth-order valence-corrected chi connectivity index (χ4v) is 2.31. The molecule has 2 rings (SSSR count). The lowest BCUT2D eigenvalue weighted by Gasteiger charge is -2.13. The van der Waals surface area contributed by atoms with Gasteiger partial charge in [0.1, 0.15) is 0 Å². The molecule has 0 unspecified atom stereocenters. The summed E-state index contributed by atoms with van der Waals surface area (Å²) in [5.41, 5.74) is 1.15. The average Bonchev–Trinajstić information content (AvgIpc) is 2.59. The Kier molecular flexibility index (Phi) is 6.74. The van der Waals surface area contributed by atoms with Crippen molar-refractivity contribution in [1.82, 2.24) is 0 Å². The van der Waals surface area contributed by atoms with E-state index in [4.69, 9.17) is 9.47 Å². The number of nitrogens with one attached hydrogen (secondary N) is 1. The van der Waals surface area contributed by atoms with Gasteiger partial charge in [-0.1, -0.05) is 6.07 Å². The number of aryl methyl sites for hydroxylation is 1. The molecule has 2 aromatic rings. The number of rotatable bonds is 8. The summed E-state index contributed by atoms with van der Waals surface area (Å²) in [4.78, 5) is 12.1. The third-order valence-electron chi connectivity index (χ3n) is 3.45. The second-order valence-corrected chi connectivity index (χ2v) is 5.32. The van der Waals surface area contributed by atoms with Crippen molar-refractivity contribution in [1.29, 1.82) is 0 Å². The standard InChI is InChI=1S/C19H21F2NO3/c1-3-24-17-9-7-14(12-18(17)25-4-2)22-19(23)10-6-13-5-8-15(20)16(21)11-13/h5,7-9,11-12H,3-4,6,10H2,1-2H3,(H,22,23). The molecule has 0 aliphatic rings. The van der Waals surface area contributed by atoms with Crippen LogP contribution in [0.1, 0.15) is 25.8 Å². The number of ether oxygens (including phenoxy) is 2. The van der Waals surface area contributed by atoms with Gasteiger partial charge in [-0.15, -0.1) is 0 Å². The highest BCUT2D eigenvalue weighted by molar-refractivity contribution is 5.91. The maximum Gasteiger partial charge on any atom is 0.224 e. The number of carbonyl (C=O) groups excluding carboxylic acids is 1. The van der Waals surface area contributed by atoms with Gasteiger partial charge in [0.05, 0.1) is 13.2 Å². The Morgan fingerprint density at radius 1 is 0.960 bits per heavy atom. The van der Waals surface area contributed by atoms with Gasteiger partial charge in [0.2, 0.25) is 5.91 Å². The van der Waals surface area contributed by atoms with Crippen LogP contribution in [0, 0.1) is 11.6 Å².